The number of hydrogen-bond donors (Lipinski definition) is 2. The van der Waals surface area contributed by atoms with Crippen LogP contribution in [0.3, 0.4) is 0 Å². The summed E-state index contributed by atoms with van der Waals surface area (Å²) >= 11 is 0. The maximum Gasteiger partial charge on any atom is 0.124 e. The van der Waals surface area contributed by atoms with Crippen molar-refractivity contribution in [3.63, 3.8) is 0 Å². The van der Waals surface area contributed by atoms with E-state index in [-0.39, 0.29) is 23.0 Å². The van der Waals surface area contributed by atoms with Gasteiger partial charge in [0.25, 0.3) is 0 Å². The van der Waals surface area contributed by atoms with Crippen molar-refractivity contribution >= 4 is 0 Å². The van der Waals surface area contributed by atoms with Crippen molar-refractivity contribution in [2.45, 2.75) is 109 Å². The van der Waals surface area contributed by atoms with Gasteiger partial charge in [0.1, 0.15) is 11.2 Å². The number of aliphatic hydroxyl groups excluding tert-OH is 1. The van der Waals surface area contributed by atoms with Crippen molar-refractivity contribution in [3.05, 3.63) is 0 Å². The molecule has 0 radical (unpaired) electrons. The molecule has 3 heteroatoms. The van der Waals surface area contributed by atoms with E-state index < -0.39 is 11.2 Å². The van der Waals surface area contributed by atoms with Crippen LogP contribution in [0.1, 0.15) is 86.5 Å². The molecule has 0 aromatic rings. The van der Waals surface area contributed by atoms with Gasteiger partial charge in [-0.15, -0.1) is 0 Å². The molecule has 1 heterocycles. The number of aliphatic hydroxyl groups is 2. The Morgan fingerprint density at radius 2 is 1.57 bits per heavy atom. The quantitative estimate of drug-likeness (QED) is 0.633. The molecule has 160 valence electrons. The maximum atomic E-state index is 12.5. The van der Waals surface area contributed by atoms with E-state index in [1.54, 1.807) is 0 Å². The van der Waals surface area contributed by atoms with Gasteiger partial charge in [-0.1, -0.05) is 34.6 Å². The van der Waals surface area contributed by atoms with E-state index in [0.29, 0.717) is 35.5 Å². The Balaban J connectivity index is 1.57. The van der Waals surface area contributed by atoms with E-state index in [4.69, 9.17) is 4.74 Å². The van der Waals surface area contributed by atoms with Crippen molar-refractivity contribution in [1.82, 2.24) is 0 Å². The molecule has 4 saturated carbocycles. The first-order valence-electron chi connectivity index (χ1n) is 12.1. The van der Waals surface area contributed by atoms with E-state index in [2.05, 4.69) is 41.5 Å². The van der Waals surface area contributed by atoms with Crippen LogP contribution in [0, 0.1) is 46.8 Å². The highest BCUT2D eigenvalue weighted by Gasteiger charge is 2.82. The van der Waals surface area contributed by atoms with E-state index in [0.717, 1.165) is 25.7 Å². The molecule has 5 aliphatic rings. The molecule has 11 atom stereocenters. The molecule has 0 aromatic heterocycles. The predicted octanol–water partition coefficient (Wildman–Crippen LogP) is 4.79. The normalized spacial score (nSPS) is 63.1. The van der Waals surface area contributed by atoms with Crippen LogP contribution in [0.4, 0.5) is 0 Å². The number of ether oxygens (including phenoxy) is 1. The third kappa shape index (κ3) is 2.17. The molecule has 1 spiro atoms. The van der Waals surface area contributed by atoms with Gasteiger partial charge in [-0.2, -0.15) is 0 Å². The largest absolute Gasteiger partial charge is 0.393 e. The molecule has 0 aromatic carbocycles. The SMILES string of the molecule is CC(C)[C@H]1[C@H]2C[C@]3(O)[C@@H](C[C@]2(C)C[C@@H]1O)[C@H](C)CC[C@@H]1[C@H](C)CC[C@@]12O[C@@]32C. The monoisotopic (exact) mass is 390 g/mol. The zero-order chi connectivity index (χ0) is 20.3. The smallest absolute Gasteiger partial charge is 0.124 e. The minimum absolute atomic E-state index is 0.0855. The minimum atomic E-state index is -0.753. The summed E-state index contributed by atoms with van der Waals surface area (Å²) in [6.07, 6.45) is 7.37. The Morgan fingerprint density at radius 1 is 0.893 bits per heavy atom. The highest BCUT2D eigenvalue weighted by atomic mass is 16.6. The van der Waals surface area contributed by atoms with E-state index >= 15 is 0 Å². The Kier molecular flexibility index (Phi) is 4.08. The summed E-state index contributed by atoms with van der Waals surface area (Å²) in [5.74, 6) is 3.26. The van der Waals surface area contributed by atoms with Gasteiger partial charge >= 0.3 is 0 Å². The third-order valence-electron chi connectivity index (χ3n) is 10.9. The standard InChI is InChI=1S/C25H42O3/c1-14(2)21-19-12-24(27)18(11-22(19,5)13-20(21)26)15(3)7-8-17-16(4)9-10-25(17)23(24,6)28-25/h14-21,26-27H,7-13H2,1-6H3/t15-,16-,17-,18+,19-,20+,21+,22-,23+,24+,25-/m1/s1. The number of fused-ring (bicyclic) bond motifs is 3. The number of epoxide rings is 1. The lowest BCUT2D eigenvalue weighted by molar-refractivity contribution is -0.168. The fourth-order valence-electron chi connectivity index (χ4n) is 9.36. The van der Waals surface area contributed by atoms with Crippen LogP contribution in [0.2, 0.25) is 0 Å². The molecule has 0 unspecified atom stereocenters. The van der Waals surface area contributed by atoms with Crippen LogP contribution in [-0.4, -0.2) is 33.1 Å². The second-order valence-electron chi connectivity index (χ2n) is 12.5. The van der Waals surface area contributed by atoms with Gasteiger partial charge in [-0.05, 0) is 98.7 Å². The molecule has 1 saturated heterocycles. The minimum Gasteiger partial charge on any atom is -0.393 e. The van der Waals surface area contributed by atoms with Crippen molar-refractivity contribution in [1.29, 1.82) is 0 Å². The van der Waals surface area contributed by atoms with Crippen LogP contribution in [0.15, 0.2) is 0 Å². The summed E-state index contributed by atoms with van der Waals surface area (Å²) in [6, 6.07) is 0. The van der Waals surface area contributed by atoms with Crippen molar-refractivity contribution in [3.8, 4) is 0 Å². The molecule has 4 aliphatic carbocycles. The summed E-state index contributed by atoms with van der Waals surface area (Å²) in [7, 11) is 0. The second-order valence-corrected chi connectivity index (χ2v) is 12.5. The Morgan fingerprint density at radius 3 is 2.25 bits per heavy atom. The Labute approximate surface area is 171 Å². The van der Waals surface area contributed by atoms with Crippen LogP contribution < -0.4 is 0 Å². The third-order valence-corrected chi connectivity index (χ3v) is 10.9. The number of hydrogen-bond acceptors (Lipinski definition) is 3. The second kappa shape index (κ2) is 5.77. The lowest BCUT2D eigenvalue weighted by atomic mass is 9.49. The first kappa shape index (κ1) is 19.8. The van der Waals surface area contributed by atoms with Crippen LogP contribution in [0.25, 0.3) is 0 Å². The number of rotatable bonds is 1. The van der Waals surface area contributed by atoms with Gasteiger partial charge in [-0.3, -0.25) is 0 Å². The van der Waals surface area contributed by atoms with Crippen molar-refractivity contribution in [2.75, 3.05) is 0 Å². The fraction of sp³-hybridized carbons (Fsp3) is 1.00. The van der Waals surface area contributed by atoms with Gasteiger partial charge in [0, 0.05) is 0 Å². The lowest BCUT2D eigenvalue weighted by Gasteiger charge is -2.56. The van der Waals surface area contributed by atoms with E-state index in [1.165, 1.54) is 19.3 Å². The molecule has 28 heavy (non-hydrogen) atoms. The maximum absolute atomic E-state index is 12.5. The highest BCUT2D eigenvalue weighted by molar-refractivity contribution is 5.31. The molecule has 1 aliphatic heterocycles. The first-order chi connectivity index (χ1) is 13.0. The summed E-state index contributed by atoms with van der Waals surface area (Å²) in [5.41, 5.74) is -1.08. The van der Waals surface area contributed by atoms with Crippen LogP contribution in [0.5, 0.6) is 0 Å². The predicted molar refractivity (Wildman–Crippen MR) is 111 cm³/mol. The van der Waals surface area contributed by atoms with Gasteiger partial charge in [-0.25, -0.2) is 0 Å². The molecular formula is C25H42O3. The Bertz CT molecular complexity index is 662. The van der Waals surface area contributed by atoms with Gasteiger partial charge < -0.3 is 14.9 Å². The Hall–Kier alpha value is -0.120. The fourth-order valence-corrected chi connectivity index (χ4v) is 9.36. The lowest BCUT2D eigenvalue weighted by Crippen LogP contribution is -2.62. The topological polar surface area (TPSA) is 53.0 Å². The average molecular weight is 391 g/mol. The zero-order valence-corrected chi connectivity index (χ0v) is 18.9. The van der Waals surface area contributed by atoms with Gasteiger partial charge in [0.05, 0.1) is 11.7 Å². The van der Waals surface area contributed by atoms with Crippen LogP contribution in [-0.2, 0) is 4.74 Å². The molecule has 5 fully saturated rings. The average Bonchev–Trinajstić information content (AvgIpc) is 2.95. The van der Waals surface area contributed by atoms with Crippen molar-refractivity contribution in [2.24, 2.45) is 46.8 Å². The highest BCUT2D eigenvalue weighted by Crippen LogP contribution is 2.74. The van der Waals surface area contributed by atoms with Gasteiger partial charge in [0.2, 0.25) is 0 Å². The molecule has 5 rings (SSSR count). The molecule has 0 bridgehead atoms. The van der Waals surface area contributed by atoms with Crippen LogP contribution >= 0.6 is 0 Å². The molecular weight excluding hydrogens is 348 g/mol. The summed E-state index contributed by atoms with van der Waals surface area (Å²) < 4.78 is 6.72. The summed E-state index contributed by atoms with van der Waals surface area (Å²) in [6.45, 7) is 13.9. The molecule has 3 nitrogen and oxygen atoms in total. The zero-order valence-electron chi connectivity index (χ0n) is 18.9. The summed E-state index contributed by atoms with van der Waals surface area (Å²) in [5, 5.41) is 23.5. The van der Waals surface area contributed by atoms with Gasteiger partial charge in [0.15, 0.2) is 0 Å². The first-order valence-corrected chi connectivity index (χ1v) is 12.1. The molecule has 2 N–H and O–H groups in total. The van der Waals surface area contributed by atoms with E-state index in [1.807, 2.05) is 0 Å². The molecule has 0 amide bonds. The van der Waals surface area contributed by atoms with Crippen molar-refractivity contribution < 1.29 is 14.9 Å². The summed E-state index contributed by atoms with van der Waals surface area (Å²) in [4.78, 5) is 0. The van der Waals surface area contributed by atoms with E-state index in [9.17, 15) is 10.2 Å².